The van der Waals surface area contributed by atoms with Crippen molar-refractivity contribution in [3.8, 4) is 11.8 Å². The summed E-state index contributed by atoms with van der Waals surface area (Å²) in [6, 6.07) is 8.66. The highest BCUT2D eigenvalue weighted by molar-refractivity contribution is 6.03. The monoisotopic (exact) mass is 267 g/mol. The first-order valence-electron chi connectivity index (χ1n) is 6.08. The molecule has 2 heterocycles. The number of anilines is 1. The number of aliphatic hydroxyl groups excluding tert-OH is 1. The Morgan fingerprint density at radius 3 is 2.80 bits per heavy atom. The molecule has 0 aliphatic heterocycles. The lowest BCUT2D eigenvalue weighted by Crippen LogP contribution is -2.16. The summed E-state index contributed by atoms with van der Waals surface area (Å²) in [5.41, 5.74) is 0.762. The molecule has 20 heavy (non-hydrogen) atoms. The molecule has 0 spiro atoms. The van der Waals surface area contributed by atoms with Gasteiger partial charge in [-0.1, -0.05) is 17.9 Å². The molecule has 5 heteroatoms. The normalized spacial score (nSPS) is 9.45. The minimum Gasteiger partial charge on any atom is -0.395 e. The molecule has 0 radical (unpaired) electrons. The number of pyridine rings is 2. The molecular weight excluding hydrogens is 254 g/mol. The van der Waals surface area contributed by atoms with E-state index in [0.29, 0.717) is 17.8 Å². The molecule has 100 valence electrons. The Hall–Kier alpha value is -2.71. The summed E-state index contributed by atoms with van der Waals surface area (Å²) < 4.78 is 0. The molecule has 0 aliphatic carbocycles. The summed E-state index contributed by atoms with van der Waals surface area (Å²) in [6.07, 6.45) is 3.48. The molecule has 5 nitrogen and oxygen atoms in total. The van der Waals surface area contributed by atoms with Crippen molar-refractivity contribution in [2.75, 3.05) is 11.9 Å². The predicted octanol–water partition coefficient (Wildman–Crippen LogP) is 1.46. The van der Waals surface area contributed by atoms with Crippen molar-refractivity contribution in [1.82, 2.24) is 9.97 Å². The van der Waals surface area contributed by atoms with E-state index in [9.17, 15) is 4.79 Å². The molecule has 0 unspecified atom stereocenters. The van der Waals surface area contributed by atoms with Crippen LogP contribution in [0.3, 0.4) is 0 Å². The maximum absolute atomic E-state index is 12.1. The molecule has 0 aromatic carbocycles. The quantitative estimate of drug-likeness (QED) is 0.826. The largest absolute Gasteiger partial charge is 0.395 e. The number of hydrogen-bond acceptors (Lipinski definition) is 4. The molecule has 0 saturated heterocycles. The van der Waals surface area contributed by atoms with Crippen LogP contribution >= 0.6 is 0 Å². The van der Waals surface area contributed by atoms with Gasteiger partial charge in [0.2, 0.25) is 0 Å². The van der Waals surface area contributed by atoms with E-state index in [-0.39, 0.29) is 18.2 Å². The third-order valence-corrected chi connectivity index (χ3v) is 2.39. The second-order valence-corrected chi connectivity index (χ2v) is 3.84. The minimum atomic E-state index is -0.363. The van der Waals surface area contributed by atoms with Gasteiger partial charge >= 0.3 is 0 Å². The first kappa shape index (κ1) is 13.7. The van der Waals surface area contributed by atoms with Crippen LogP contribution in [0.25, 0.3) is 0 Å². The van der Waals surface area contributed by atoms with E-state index < -0.39 is 0 Å². The minimum absolute atomic E-state index is 0.0112. The van der Waals surface area contributed by atoms with Crippen molar-refractivity contribution in [1.29, 1.82) is 0 Å². The van der Waals surface area contributed by atoms with Gasteiger partial charge in [0, 0.05) is 18.8 Å². The van der Waals surface area contributed by atoms with Crippen LogP contribution in [-0.2, 0) is 0 Å². The molecule has 0 atom stereocenters. The lowest BCUT2D eigenvalue weighted by atomic mass is 10.2. The van der Waals surface area contributed by atoms with Crippen molar-refractivity contribution in [3.63, 3.8) is 0 Å². The molecule has 2 N–H and O–H groups in total. The number of nitrogens with zero attached hydrogens (tertiary/aromatic N) is 2. The third kappa shape index (κ3) is 3.64. The van der Waals surface area contributed by atoms with Gasteiger partial charge in [0.15, 0.2) is 0 Å². The summed E-state index contributed by atoms with van der Waals surface area (Å²) in [5.74, 6) is 5.69. The number of aromatic nitrogens is 2. The number of aliphatic hydroxyl groups is 1. The second kappa shape index (κ2) is 7.02. The standard InChI is InChI=1S/C15H13N3O2/c19-11-4-2-6-12-7-5-10-17-14(12)15(20)18-13-8-1-3-9-16-13/h1,3,5,7-10,19H,4,11H2,(H,16,18,20). The van der Waals surface area contributed by atoms with E-state index in [1.54, 1.807) is 36.5 Å². The summed E-state index contributed by atoms with van der Waals surface area (Å²) in [7, 11) is 0. The average Bonchev–Trinajstić information content (AvgIpc) is 2.49. The van der Waals surface area contributed by atoms with Crippen LogP contribution < -0.4 is 5.32 Å². The SMILES string of the molecule is O=C(Nc1ccccn1)c1ncccc1C#CCCO. The Balaban J connectivity index is 2.20. The van der Waals surface area contributed by atoms with Crippen LogP contribution in [-0.4, -0.2) is 27.6 Å². The average molecular weight is 267 g/mol. The number of hydrogen-bond donors (Lipinski definition) is 2. The van der Waals surface area contributed by atoms with E-state index in [0.717, 1.165) is 0 Å². The number of rotatable bonds is 3. The van der Waals surface area contributed by atoms with Gasteiger partial charge in [-0.2, -0.15) is 0 Å². The number of carbonyl (C=O) groups is 1. The van der Waals surface area contributed by atoms with Gasteiger partial charge in [0.1, 0.15) is 11.5 Å². The van der Waals surface area contributed by atoms with Crippen LogP contribution in [0.1, 0.15) is 22.5 Å². The Morgan fingerprint density at radius 2 is 2.05 bits per heavy atom. The molecular formula is C15H13N3O2. The van der Waals surface area contributed by atoms with Crippen LogP contribution in [0.4, 0.5) is 5.82 Å². The molecule has 2 rings (SSSR count). The maximum atomic E-state index is 12.1. The molecule has 2 aromatic rings. The first-order chi connectivity index (χ1) is 9.81. The fraction of sp³-hybridized carbons (Fsp3) is 0.133. The van der Waals surface area contributed by atoms with Crippen LogP contribution in [0.2, 0.25) is 0 Å². The summed E-state index contributed by atoms with van der Waals surface area (Å²) in [6.45, 7) is -0.0112. The van der Waals surface area contributed by atoms with Gasteiger partial charge in [-0.05, 0) is 24.3 Å². The van der Waals surface area contributed by atoms with Gasteiger partial charge < -0.3 is 10.4 Å². The summed E-state index contributed by atoms with van der Waals surface area (Å²) in [4.78, 5) is 20.2. The van der Waals surface area contributed by atoms with Gasteiger partial charge in [-0.15, -0.1) is 0 Å². The zero-order chi connectivity index (χ0) is 14.2. The zero-order valence-corrected chi connectivity index (χ0v) is 10.7. The van der Waals surface area contributed by atoms with E-state index in [2.05, 4.69) is 27.1 Å². The number of nitrogens with one attached hydrogen (secondary N) is 1. The van der Waals surface area contributed by atoms with E-state index >= 15 is 0 Å². The smallest absolute Gasteiger partial charge is 0.276 e. The molecule has 0 bridgehead atoms. The Morgan fingerprint density at radius 1 is 1.20 bits per heavy atom. The topological polar surface area (TPSA) is 75.1 Å². The van der Waals surface area contributed by atoms with Gasteiger partial charge in [-0.3, -0.25) is 4.79 Å². The molecule has 0 fully saturated rings. The van der Waals surface area contributed by atoms with Crippen molar-refractivity contribution in [2.24, 2.45) is 0 Å². The van der Waals surface area contributed by atoms with E-state index in [4.69, 9.17) is 5.11 Å². The number of amides is 1. The number of carbonyl (C=O) groups excluding carboxylic acids is 1. The van der Waals surface area contributed by atoms with Gasteiger partial charge in [-0.25, -0.2) is 9.97 Å². The molecule has 1 amide bonds. The van der Waals surface area contributed by atoms with Crippen molar-refractivity contribution in [2.45, 2.75) is 6.42 Å². The lowest BCUT2D eigenvalue weighted by molar-refractivity contribution is 0.102. The second-order valence-electron chi connectivity index (χ2n) is 3.84. The van der Waals surface area contributed by atoms with Crippen LogP contribution in [0, 0.1) is 11.8 Å². The highest BCUT2D eigenvalue weighted by atomic mass is 16.2. The molecule has 2 aromatic heterocycles. The fourth-order valence-electron chi connectivity index (χ4n) is 1.51. The van der Waals surface area contributed by atoms with Crippen molar-refractivity contribution >= 4 is 11.7 Å². The van der Waals surface area contributed by atoms with Gasteiger partial charge in [0.05, 0.1) is 12.2 Å². The molecule has 0 saturated carbocycles. The highest BCUT2D eigenvalue weighted by Crippen LogP contribution is 2.08. The van der Waals surface area contributed by atoms with Crippen LogP contribution in [0.5, 0.6) is 0 Å². The zero-order valence-electron chi connectivity index (χ0n) is 10.7. The Bertz CT molecular complexity index is 645. The van der Waals surface area contributed by atoms with E-state index in [1.807, 2.05) is 0 Å². The first-order valence-corrected chi connectivity index (χ1v) is 6.08. The Kier molecular flexibility index (Phi) is 4.81. The maximum Gasteiger partial charge on any atom is 0.276 e. The lowest BCUT2D eigenvalue weighted by Gasteiger charge is -2.04. The third-order valence-electron chi connectivity index (χ3n) is 2.39. The highest BCUT2D eigenvalue weighted by Gasteiger charge is 2.11. The van der Waals surface area contributed by atoms with E-state index in [1.165, 1.54) is 6.20 Å². The fourth-order valence-corrected chi connectivity index (χ4v) is 1.51. The predicted molar refractivity (Wildman–Crippen MR) is 75.0 cm³/mol. The Labute approximate surface area is 116 Å². The van der Waals surface area contributed by atoms with Crippen molar-refractivity contribution < 1.29 is 9.90 Å². The van der Waals surface area contributed by atoms with Crippen LogP contribution in [0.15, 0.2) is 42.7 Å². The summed E-state index contributed by atoms with van der Waals surface area (Å²) in [5, 5.41) is 11.4. The van der Waals surface area contributed by atoms with Crippen molar-refractivity contribution in [3.05, 3.63) is 54.0 Å². The summed E-state index contributed by atoms with van der Waals surface area (Å²) >= 11 is 0. The van der Waals surface area contributed by atoms with Gasteiger partial charge in [0.25, 0.3) is 5.91 Å². The molecule has 0 aliphatic rings.